The second-order valence-corrected chi connectivity index (χ2v) is 3.41. The van der Waals surface area contributed by atoms with Crippen LogP contribution >= 0.6 is 0 Å². The molecule has 15 heavy (non-hydrogen) atoms. The highest BCUT2D eigenvalue weighted by molar-refractivity contribution is 5.48. The fourth-order valence-corrected chi connectivity index (χ4v) is 1.33. The number of ether oxygens (including phenoxy) is 1. The third kappa shape index (κ3) is 4.70. The molecule has 2 N–H and O–H groups in total. The normalized spacial score (nSPS) is 10.0. The lowest BCUT2D eigenvalue weighted by atomic mass is 10.3. The van der Waals surface area contributed by atoms with Gasteiger partial charge in [-0.1, -0.05) is 13.0 Å². The van der Waals surface area contributed by atoms with Crippen LogP contribution in [0.25, 0.3) is 0 Å². The molecule has 1 rings (SSSR count). The molecule has 84 valence electrons. The molecule has 0 spiro atoms. The molecule has 0 heterocycles. The van der Waals surface area contributed by atoms with Crippen molar-refractivity contribution in [2.75, 3.05) is 32.1 Å². The van der Waals surface area contributed by atoms with Crippen LogP contribution in [0, 0.1) is 0 Å². The van der Waals surface area contributed by atoms with Crippen LogP contribution in [-0.4, -0.2) is 26.7 Å². The smallest absolute Gasteiger partial charge is 0.120 e. The number of methoxy groups -OCH3 is 1. The second-order valence-electron chi connectivity index (χ2n) is 3.41. The molecule has 0 aromatic heterocycles. The van der Waals surface area contributed by atoms with Crippen LogP contribution in [0.3, 0.4) is 0 Å². The Morgan fingerprint density at radius 1 is 1.20 bits per heavy atom. The number of rotatable bonds is 7. The Balaban J connectivity index is 2.24. The first-order chi connectivity index (χ1) is 7.36. The van der Waals surface area contributed by atoms with Gasteiger partial charge in [-0.05, 0) is 25.1 Å². The standard InChI is InChI=1S/C12H20N2O/c1-3-7-13-8-9-14-11-5-4-6-12(10-11)15-2/h4-6,10,13-14H,3,7-9H2,1-2H3. The molecule has 0 saturated heterocycles. The average molecular weight is 208 g/mol. The van der Waals surface area contributed by atoms with Gasteiger partial charge in [0, 0.05) is 24.8 Å². The van der Waals surface area contributed by atoms with Crippen molar-refractivity contribution in [2.45, 2.75) is 13.3 Å². The van der Waals surface area contributed by atoms with Crippen LogP contribution in [-0.2, 0) is 0 Å². The molecule has 0 amide bonds. The van der Waals surface area contributed by atoms with Gasteiger partial charge >= 0.3 is 0 Å². The third-order valence-electron chi connectivity index (χ3n) is 2.13. The maximum atomic E-state index is 5.14. The van der Waals surface area contributed by atoms with Crippen molar-refractivity contribution in [3.63, 3.8) is 0 Å². The van der Waals surface area contributed by atoms with E-state index in [2.05, 4.69) is 17.6 Å². The van der Waals surface area contributed by atoms with E-state index in [-0.39, 0.29) is 0 Å². The molecule has 1 aromatic carbocycles. The summed E-state index contributed by atoms with van der Waals surface area (Å²) in [4.78, 5) is 0. The molecule has 0 bridgehead atoms. The van der Waals surface area contributed by atoms with E-state index in [1.54, 1.807) is 7.11 Å². The Kier molecular flexibility index (Phi) is 5.63. The molecule has 1 aromatic rings. The highest BCUT2D eigenvalue weighted by Gasteiger charge is 1.93. The minimum Gasteiger partial charge on any atom is -0.497 e. The lowest BCUT2D eigenvalue weighted by molar-refractivity contribution is 0.415. The predicted octanol–water partition coefficient (Wildman–Crippen LogP) is 2.11. The minimum atomic E-state index is 0.890. The predicted molar refractivity (Wildman–Crippen MR) is 64.6 cm³/mol. The number of hydrogen-bond donors (Lipinski definition) is 2. The van der Waals surface area contributed by atoms with Gasteiger partial charge in [0.05, 0.1) is 7.11 Å². The van der Waals surface area contributed by atoms with Crippen molar-refractivity contribution in [3.05, 3.63) is 24.3 Å². The quantitative estimate of drug-likeness (QED) is 0.673. The maximum absolute atomic E-state index is 5.14. The molecule has 0 aliphatic carbocycles. The van der Waals surface area contributed by atoms with Gasteiger partial charge in [0.25, 0.3) is 0 Å². The van der Waals surface area contributed by atoms with Crippen LogP contribution in [0.4, 0.5) is 5.69 Å². The zero-order valence-electron chi connectivity index (χ0n) is 9.55. The first-order valence-corrected chi connectivity index (χ1v) is 5.45. The van der Waals surface area contributed by atoms with Gasteiger partial charge < -0.3 is 15.4 Å². The van der Waals surface area contributed by atoms with Crippen LogP contribution < -0.4 is 15.4 Å². The van der Waals surface area contributed by atoms with Crippen LogP contribution in [0.2, 0.25) is 0 Å². The SMILES string of the molecule is CCCNCCNc1cccc(OC)c1. The molecule has 0 unspecified atom stereocenters. The van der Waals surface area contributed by atoms with E-state index in [0.717, 1.165) is 31.1 Å². The Morgan fingerprint density at radius 2 is 2.07 bits per heavy atom. The fraction of sp³-hybridized carbons (Fsp3) is 0.500. The van der Waals surface area contributed by atoms with Gasteiger partial charge in [0.2, 0.25) is 0 Å². The summed E-state index contributed by atoms with van der Waals surface area (Å²) in [7, 11) is 1.68. The molecule has 3 nitrogen and oxygen atoms in total. The van der Waals surface area contributed by atoms with E-state index in [1.807, 2.05) is 24.3 Å². The van der Waals surface area contributed by atoms with Gasteiger partial charge in [-0.3, -0.25) is 0 Å². The first kappa shape index (κ1) is 11.9. The summed E-state index contributed by atoms with van der Waals surface area (Å²) in [5.41, 5.74) is 1.10. The van der Waals surface area contributed by atoms with Crippen LogP contribution in [0.5, 0.6) is 5.75 Å². The van der Waals surface area contributed by atoms with Gasteiger partial charge in [-0.2, -0.15) is 0 Å². The summed E-state index contributed by atoms with van der Waals surface area (Å²) in [6.45, 7) is 5.18. The van der Waals surface area contributed by atoms with Crippen molar-refractivity contribution >= 4 is 5.69 Å². The van der Waals surface area contributed by atoms with Crippen molar-refractivity contribution in [1.82, 2.24) is 5.32 Å². The summed E-state index contributed by atoms with van der Waals surface area (Å²) < 4.78 is 5.14. The van der Waals surface area contributed by atoms with E-state index >= 15 is 0 Å². The van der Waals surface area contributed by atoms with Crippen LogP contribution in [0.1, 0.15) is 13.3 Å². The van der Waals surface area contributed by atoms with E-state index in [4.69, 9.17) is 4.74 Å². The van der Waals surface area contributed by atoms with Crippen molar-refractivity contribution in [2.24, 2.45) is 0 Å². The number of benzene rings is 1. The van der Waals surface area contributed by atoms with E-state index in [0.29, 0.717) is 0 Å². The maximum Gasteiger partial charge on any atom is 0.120 e. The molecule has 0 fully saturated rings. The highest BCUT2D eigenvalue weighted by atomic mass is 16.5. The van der Waals surface area contributed by atoms with Gasteiger partial charge in [0.1, 0.15) is 5.75 Å². The summed E-state index contributed by atoms with van der Waals surface area (Å²) >= 11 is 0. The fourth-order valence-electron chi connectivity index (χ4n) is 1.33. The second kappa shape index (κ2) is 7.12. The van der Waals surface area contributed by atoms with Gasteiger partial charge in [0.15, 0.2) is 0 Å². The zero-order valence-corrected chi connectivity index (χ0v) is 9.55. The molecule has 0 saturated carbocycles. The Hall–Kier alpha value is -1.22. The molecule has 0 atom stereocenters. The Bertz CT molecular complexity index is 276. The summed E-state index contributed by atoms with van der Waals surface area (Å²) in [5.74, 6) is 0.890. The summed E-state index contributed by atoms with van der Waals surface area (Å²) in [5, 5.41) is 6.68. The highest BCUT2D eigenvalue weighted by Crippen LogP contribution is 2.15. The first-order valence-electron chi connectivity index (χ1n) is 5.45. The molecular formula is C12H20N2O. The monoisotopic (exact) mass is 208 g/mol. The molecular weight excluding hydrogens is 188 g/mol. The minimum absolute atomic E-state index is 0.890. The van der Waals surface area contributed by atoms with E-state index in [1.165, 1.54) is 6.42 Å². The number of anilines is 1. The average Bonchev–Trinajstić information content (AvgIpc) is 2.29. The molecule has 0 aliphatic heterocycles. The largest absolute Gasteiger partial charge is 0.497 e. The Morgan fingerprint density at radius 3 is 2.80 bits per heavy atom. The van der Waals surface area contributed by atoms with Crippen molar-refractivity contribution in [3.8, 4) is 5.75 Å². The number of nitrogens with one attached hydrogen (secondary N) is 2. The zero-order chi connectivity index (χ0) is 10.9. The Labute approximate surface area is 91.8 Å². The van der Waals surface area contributed by atoms with Crippen molar-refractivity contribution in [1.29, 1.82) is 0 Å². The summed E-state index contributed by atoms with van der Waals surface area (Å²) in [6, 6.07) is 7.98. The number of hydrogen-bond acceptors (Lipinski definition) is 3. The molecule has 0 aliphatic rings. The van der Waals surface area contributed by atoms with Crippen molar-refractivity contribution < 1.29 is 4.74 Å². The van der Waals surface area contributed by atoms with Gasteiger partial charge in [-0.25, -0.2) is 0 Å². The van der Waals surface area contributed by atoms with E-state index in [9.17, 15) is 0 Å². The topological polar surface area (TPSA) is 33.3 Å². The van der Waals surface area contributed by atoms with Gasteiger partial charge in [-0.15, -0.1) is 0 Å². The molecule has 0 radical (unpaired) electrons. The summed E-state index contributed by atoms with van der Waals surface area (Å²) in [6.07, 6.45) is 1.18. The molecule has 3 heteroatoms. The lowest BCUT2D eigenvalue weighted by Crippen LogP contribution is -2.22. The van der Waals surface area contributed by atoms with Crippen LogP contribution in [0.15, 0.2) is 24.3 Å². The van der Waals surface area contributed by atoms with E-state index < -0.39 is 0 Å². The lowest BCUT2D eigenvalue weighted by Gasteiger charge is -2.08. The third-order valence-corrected chi connectivity index (χ3v) is 2.13.